The van der Waals surface area contributed by atoms with Gasteiger partial charge in [-0.25, -0.2) is 0 Å². The van der Waals surface area contributed by atoms with Gasteiger partial charge >= 0.3 is 0 Å². The number of carbonyl (C=O) groups excluding carboxylic acids is 1. The maximum Gasteiger partial charge on any atom is 0.237 e. The zero-order valence-corrected chi connectivity index (χ0v) is 12.6. The zero-order chi connectivity index (χ0) is 12.7. The first-order chi connectivity index (χ1) is 8.19. The number of hydrogen-bond donors (Lipinski definition) is 2. The minimum atomic E-state index is -0.313. The van der Waals surface area contributed by atoms with Gasteiger partial charge in [-0.3, -0.25) is 4.79 Å². The van der Waals surface area contributed by atoms with Crippen LogP contribution in [-0.2, 0) is 4.79 Å². The van der Waals surface area contributed by atoms with Gasteiger partial charge in [-0.2, -0.15) is 0 Å². The van der Waals surface area contributed by atoms with E-state index in [0.717, 1.165) is 19.3 Å². The molecule has 0 aromatic heterocycles. The SMILES string of the molecule is CCCCC1CCCC1NC(=O)C(N)CCC.Cl. The summed E-state index contributed by atoms with van der Waals surface area (Å²) in [6.45, 7) is 4.28. The Balaban J connectivity index is 0.00000289. The van der Waals surface area contributed by atoms with Crippen LogP contribution in [-0.4, -0.2) is 18.0 Å². The Hall–Kier alpha value is -0.280. The van der Waals surface area contributed by atoms with E-state index in [-0.39, 0.29) is 24.4 Å². The lowest BCUT2D eigenvalue weighted by Gasteiger charge is -2.22. The molecule has 1 amide bonds. The fraction of sp³-hybridized carbons (Fsp3) is 0.929. The molecule has 0 aromatic rings. The van der Waals surface area contributed by atoms with Gasteiger partial charge in [0.1, 0.15) is 0 Å². The van der Waals surface area contributed by atoms with E-state index in [1.807, 2.05) is 0 Å². The van der Waals surface area contributed by atoms with Crippen LogP contribution >= 0.6 is 12.4 Å². The summed E-state index contributed by atoms with van der Waals surface area (Å²) in [4.78, 5) is 11.9. The highest BCUT2D eigenvalue weighted by molar-refractivity contribution is 5.85. The van der Waals surface area contributed by atoms with E-state index in [9.17, 15) is 4.79 Å². The van der Waals surface area contributed by atoms with Crippen molar-refractivity contribution in [1.82, 2.24) is 5.32 Å². The second-order valence-electron chi connectivity index (χ2n) is 5.34. The van der Waals surface area contributed by atoms with Gasteiger partial charge < -0.3 is 11.1 Å². The van der Waals surface area contributed by atoms with Crippen molar-refractivity contribution in [2.75, 3.05) is 0 Å². The van der Waals surface area contributed by atoms with E-state index in [1.165, 1.54) is 32.1 Å². The molecule has 3 atom stereocenters. The molecule has 0 aromatic carbocycles. The standard InChI is InChI=1S/C14H28N2O.ClH/c1-3-5-8-11-9-6-10-13(11)16-14(17)12(15)7-4-2;/h11-13H,3-10,15H2,1-2H3,(H,16,17);1H. The minimum absolute atomic E-state index is 0. The summed E-state index contributed by atoms with van der Waals surface area (Å²) in [5, 5.41) is 3.16. The second-order valence-corrected chi connectivity index (χ2v) is 5.34. The molecule has 18 heavy (non-hydrogen) atoms. The minimum Gasteiger partial charge on any atom is -0.352 e. The first-order valence-electron chi connectivity index (χ1n) is 7.25. The third-order valence-corrected chi connectivity index (χ3v) is 3.85. The number of unbranched alkanes of at least 4 members (excludes halogenated alkanes) is 1. The number of nitrogens with two attached hydrogens (primary N) is 1. The van der Waals surface area contributed by atoms with E-state index in [1.54, 1.807) is 0 Å². The van der Waals surface area contributed by atoms with Gasteiger partial charge in [0, 0.05) is 6.04 Å². The Morgan fingerprint density at radius 1 is 1.33 bits per heavy atom. The van der Waals surface area contributed by atoms with Crippen LogP contribution in [0, 0.1) is 5.92 Å². The summed E-state index contributed by atoms with van der Waals surface area (Å²) in [6, 6.07) is 0.0735. The van der Waals surface area contributed by atoms with Crippen molar-refractivity contribution in [3.8, 4) is 0 Å². The second kappa shape index (κ2) is 9.62. The molecule has 1 rings (SSSR count). The van der Waals surface area contributed by atoms with E-state index in [2.05, 4.69) is 19.2 Å². The first-order valence-corrected chi connectivity index (χ1v) is 7.25. The lowest BCUT2D eigenvalue weighted by atomic mass is 9.96. The molecule has 108 valence electrons. The smallest absolute Gasteiger partial charge is 0.237 e. The Morgan fingerprint density at radius 3 is 2.67 bits per heavy atom. The fourth-order valence-electron chi connectivity index (χ4n) is 2.77. The van der Waals surface area contributed by atoms with E-state index >= 15 is 0 Å². The van der Waals surface area contributed by atoms with Gasteiger partial charge in [0.25, 0.3) is 0 Å². The maximum absolute atomic E-state index is 11.9. The van der Waals surface area contributed by atoms with Crippen LogP contribution in [0.2, 0.25) is 0 Å². The van der Waals surface area contributed by atoms with Gasteiger partial charge in [-0.05, 0) is 31.6 Å². The van der Waals surface area contributed by atoms with Crippen LogP contribution in [0.5, 0.6) is 0 Å². The number of hydrogen-bond acceptors (Lipinski definition) is 2. The molecule has 0 bridgehead atoms. The molecule has 3 N–H and O–H groups in total. The quantitative estimate of drug-likeness (QED) is 0.751. The average Bonchev–Trinajstić information content (AvgIpc) is 2.74. The van der Waals surface area contributed by atoms with Gasteiger partial charge in [0.05, 0.1) is 6.04 Å². The molecule has 4 heteroatoms. The van der Waals surface area contributed by atoms with Gasteiger partial charge in [0.15, 0.2) is 0 Å². The molecule has 1 saturated carbocycles. The lowest BCUT2D eigenvalue weighted by Crippen LogP contribution is -2.46. The van der Waals surface area contributed by atoms with Crippen LogP contribution in [0.4, 0.5) is 0 Å². The summed E-state index contributed by atoms with van der Waals surface area (Å²) >= 11 is 0. The highest BCUT2D eigenvalue weighted by Gasteiger charge is 2.28. The molecule has 1 aliphatic carbocycles. The van der Waals surface area contributed by atoms with Crippen molar-refractivity contribution in [2.24, 2.45) is 11.7 Å². The molecule has 0 saturated heterocycles. The normalized spacial score (nSPS) is 24.4. The van der Waals surface area contributed by atoms with Crippen molar-refractivity contribution < 1.29 is 4.79 Å². The highest BCUT2D eigenvalue weighted by atomic mass is 35.5. The van der Waals surface area contributed by atoms with E-state index < -0.39 is 0 Å². The Bertz CT molecular complexity index is 236. The van der Waals surface area contributed by atoms with E-state index in [0.29, 0.717) is 12.0 Å². The van der Waals surface area contributed by atoms with Crippen molar-refractivity contribution in [3.05, 3.63) is 0 Å². The topological polar surface area (TPSA) is 55.1 Å². The van der Waals surface area contributed by atoms with Crippen LogP contribution in [0.15, 0.2) is 0 Å². The average molecular weight is 277 g/mol. The summed E-state index contributed by atoms with van der Waals surface area (Å²) in [6.07, 6.45) is 9.20. The molecule has 1 fully saturated rings. The molecule has 0 radical (unpaired) electrons. The van der Waals surface area contributed by atoms with Gasteiger partial charge in [-0.1, -0.05) is 39.5 Å². The number of rotatable bonds is 7. The number of carbonyl (C=O) groups is 1. The highest BCUT2D eigenvalue weighted by Crippen LogP contribution is 2.29. The monoisotopic (exact) mass is 276 g/mol. The number of amides is 1. The summed E-state index contributed by atoms with van der Waals surface area (Å²) in [7, 11) is 0. The summed E-state index contributed by atoms with van der Waals surface area (Å²) in [5.74, 6) is 0.743. The van der Waals surface area contributed by atoms with Crippen molar-refractivity contribution in [1.29, 1.82) is 0 Å². The van der Waals surface area contributed by atoms with Crippen LogP contribution in [0.25, 0.3) is 0 Å². The molecule has 0 heterocycles. The molecule has 1 aliphatic rings. The van der Waals surface area contributed by atoms with Crippen LogP contribution in [0.3, 0.4) is 0 Å². The van der Waals surface area contributed by atoms with Gasteiger partial charge in [-0.15, -0.1) is 12.4 Å². The van der Waals surface area contributed by atoms with Crippen molar-refractivity contribution in [3.63, 3.8) is 0 Å². The molecular formula is C14H29ClN2O. The summed E-state index contributed by atoms with van der Waals surface area (Å²) in [5.41, 5.74) is 5.84. The Morgan fingerprint density at radius 2 is 2.06 bits per heavy atom. The predicted molar refractivity (Wildman–Crippen MR) is 78.9 cm³/mol. The largest absolute Gasteiger partial charge is 0.352 e. The molecular weight excluding hydrogens is 248 g/mol. The van der Waals surface area contributed by atoms with Crippen molar-refractivity contribution in [2.45, 2.75) is 77.3 Å². The Kier molecular flexibility index (Phi) is 9.47. The third-order valence-electron chi connectivity index (χ3n) is 3.85. The zero-order valence-electron chi connectivity index (χ0n) is 11.8. The molecule has 3 unspecified atom stereocenters. The van der Waals surface area contributed by atoms with Crippen molar-refractivity contribution >= 4 is 18.3 Å². The number of nitrogens with one attached hydrogen (secondary N) is 1. The lowest BCUT2D eigenvalue weighted by molar-refractivity contribution is -0.123. The molecule has 0 spiro atoms. The molecule has 3 nitrogen and oxygen atoms in total. The van der Waals surface area contributed by atoms with Gasteiger partial charge in [0.2, 0.25) is 5.91 Å². The molecule has 0 aliphatic heterocycles. The summed E-state index contributed by atoms with van der Waals surface area (Å²) < 4.78 is 0. The third kappa shape index (κ3) is 5.57. The number of halogens is 1. The maximum atomic E-state index is 11.9. The Labute approximate surface area is 118 Å². The fourth-order valence-corrected chi connectivity index (χ4v) is 2.77. The van der Waals surface area contributed by atoms with Crippen LogP contribution < -0.4 is 11.1 Å². The first kappa shape index (κ1) is 17.7. The predicted octanol–water partition coefficient (Wildman–Crippen LogP) is 3.01. The van der Waals surface area contributed by atoms with E-state index in [4.69, 9.17) is 5.73 Å². The van der Waals surface area contributed by atoms with Crippen LogP contribution in [0.1, 0.15) is 65.2 Å².